The van der Waals surface area contributed by atoms with Crippen LogP contribution >= 0.6 is 27.5 Å². The first-order chi connectivity index (χ1) is 7.86. The van der Waals surface area contributed by atoms with Gasteiger partial charge in [-0.2, -0.15) is 0 Å². The van der Waals surface area contributed by atoms with Gasteiger partial charge in [0.2, 0.25) is 0 Å². The Morgan fingerprint density at radius 1 is 1.47 bits per heavy atom. The van der Waals surface area contributed by atoms with Crippen LogP contribution in [-0.2, 0) is 9.53 Å². The topological polar surface area (TPSA) is 35.5 Å². The van der Waals surface area contributed by atoms with Gasteiger partial charge in [-0.15, -0.1) is 0 Å². The molecule has 1 aromatic carbocycles. The minimum atomic E-state index is -1.04. The molecule has 0 radical (unpaired) electrons. The van der Waals surface area contributed by atoms with Crippen molar-refractivity contribution in [2.45, 2.75) is 26.4 Å². The van der Waals surface area contributed by atoms with E-state index >= 15 is 0 Å². The lowest BCUT2D eigenvalue weighted by molar-refractivity contribution is -0.158. The zero-order valence-electron chi connectivity index (χ0n) is 9.92. The highest BCUT2D eigenvalue weighted by molar-refractivity contribution is 9.10. The first kappa shape index (κ1) is 14.3. The van der Waals surface area contributed by atoms with Gasteiger partial charge in [-0.1, -0.05) is 11.6 Å². The van der Waals surface area contributed by atoms with E-state index in [0.717, 1.165) is 0 Å². The summed E-state index contributed by atoms with van der Waals surface area (Å²) in [5, 5.41) is 0.596. The average molecular weight is 322 g/mol. The van der Waals surface area contributed by atoms with Crippen LogP contribution in [0.15, 0.2) is 22.7 Å². The molecule has 0 aliphatic rings. The van der Waals surface area contributed by atoms with E-state index < -0.39 is 11.6 Å². The summed E-state index contributed by atoms with van der Waals surface area (Å²) in [6, 6.07) is 5.11. The van der Waals surface area contributed by atoms with Crippen LogP contribution in [-0.4, -0.2) is 18.2 Å². The van der Waals surface area contributed by atoms with E-state index in [0.29, 0.717) is 21.9 Å². The molecule has 0 N–H and O–H groups in total. The van der Waals surface area contributed by atoms with E-state index in [9.17, 15) is 4.79 Å². The lowest BCUT2D eigenvalue weighted by atomic mass is 10.1. The Morgan fingerprint density at radius 3 is 2.65 bits per heavy atom. The van der Waals surface area contributed by atoms with Gasteiger partial charge >= 0.3 is 5.97 Å². The van der Waals surface area contributed by atoms with Crippen molar-refractivity contribution in [2.24, 2.45) is 0 Å². The van der Waals surface area contributed by atoms with Gasteiger partial charge in [0.25, 0.3) is 0 Å². The van der Waals surface area contributed by atoms with Crippen molar-refractivity contribution < 1.29 is 14.3 Å². The molecule has 0 aliphatic heterocycles. The molecule has 0 atom stereocenters. The molecule has 0 aromatic heterocycles. The largest absolute Gasteiger partial charge is 0.475 e. The number of carbonyl (C=O) groups is 1. The summed E-state index contributed by atoms with van der Waals surface area (Å²) < 4.78 is 11.3. The van der Waals surface area contributed by atoms with E-state index in [-0.39, 0.29) is 0 Å². The third kappa shape index (κ3) is 3.89. The molecule has 0 spiro atoms. The van der Waals surface area contributed by atoms with E-state index in [1.54, 1.807) is 39.0 Å². The monoisotopic (exact) mass is 320 g/mol. The van der Waals surface area contributed by atoms with Gasteiger partial charge in [-0.25, -0.2) is 4.79 Å². The first-order valence-electron chi connectivity index (χ1n) is 5.18. The maximum absolute atomic E-state index is 11.7. The normalized spacial score (nSPS) is 11.1. The fourth-order valence-corrected chi connectivity index (χ4v) is 1.94. The second-order valence-corrected chi connectivity index (χ2v) is 5.20. The standard InChI is InChI=1S/C12H14BrClO3/c1-4-16-11(15)12(2,3)17-10-6-5-8(14)7-9(10)13/h5-7H,4H2,1-3H3. The Morgan fingerprint density at radius 2 is 2.12 bits per heavy atom. The van der Waals surface area contributed by atoms with Crippen molar-refractivity contribution in [3.63, 3.8) is 0 Å². The SMILES string of the molecule is CCOC(=O)C(C)(C)Oc1ccc(Cl)cc1Br. The molecule has 0 unspecified atom stereocenters. The predicted octanol–water partition coefficient (Wildman–Crippen LogP) is 3.82. The number of benzene rings is 1. The van der Waals surface area contributed by atoms with Crippen LogP contribution < -0.4 is 4.74 Å². The number of hydrogen-bond acceptors (Lipinski definition) is 3. The van der Waals surface area contributed by atoms with Crippen LogP contribution in [0.1, 0.15) is 20.8 Å². The number of esters is 1. The first-order valence-corrected chi connectivity index (χ1v) is 6.35. The third-order valence-electron chi connectivity index (χ3n) is 2.03. The molecule has 0 heterocycles. The molecule has 0 fully saturated rings. The molecule has 1 rings (SSSR count). The average Bonchev–Trinajstić information content (AvgIpc) is 2.22. The second kappa shape index (κ2) is 5.74. The van der Waals surface area contributed by atoms with Crippen LogP contribution in [0.25, 0.3) is 0 Å². The highest BCUT2D eigenvalue weighted by Crippen LogP contribution is 2.31. The molecule has 94 valence electrons. The highest BCUT2D eigenvalue weighted by atomic mass is 79.9. The van der Waals surface area contributed by atoms with Crippen LogP contribution in [0.5, 0.6) is 5.75 Å². The lowest BCUT2D eigenvalue weighted by Gasteiger charge is -2.24. The molecule has 17 heavy (non-hydrogen) atoms. The summed E-state index contributed by atoms with van der Waals surface area (Å²) in [5.41, 5.74) is -1.04. The number of ether oxygens (including phenoxy) is 2. The number of rotatable bonds is 4. The molecule has 0 bridgehead atoms. The molecular weight excluding hydrogens is 307 g/mol. The summed E-state index contributed by atoms with van der Waals surface area (Å²) in [7, 11) is 0. The minimum Gasteiger partial charge on any atom is -0.475 e. The maximum Gasteiger partial charge on any atom is 0.349 e. The molecule has 3 nitrogen and oxygen atoms in total. The van der Waals surface area contributed by atoms with Crippen molar-refractivity contribution >= 4 is 33.5 Å². The van der Waals surface area contributed by atoms with Crippen LogP contribution in [0.3, 0.4) is 0 Å². The second-order valence-electron chi connectivity index (χ2n) is 3.91. The summed E-state index contributed by atoms with van der Waals surface area (Å²) in [4.78, 5) is 11.7. The fourth-order valence-electron chi connectivity index (χ4n) is 1.18. The van der Waals surface area contributed by atoms with E-state index in [2.05, 4.69) is 15.9 Å². The zero-order chi connectivity index (χ0) is 13.1. The van der Waals surface area contributed by atoms with Crippen LogP contribution in [0.4, 0.5) is 0 Å². The molecule has 5 heteroatoms. The van der Waals surface area contributed by atoms with Gasteiger partial charge in [0.15, 0.2) is 5.60 Å². The van der Waals surface area contributed by atoms with Crippen molar-refractivity contribution in [3.8, 4) is 5.75 Å². The molecular formula is C12H14BrClO3. The Hall–Kier alpha value is -0.740. The van der Waals surface area contributed by atoms with Crippen molar-refractivity contribution in [2.75, 3.05) is 6.61 Å². The Kier molecular flexibility index (Phi) is 4.83. The maximum atomic E-state index is 11.7. The number of hydrogen-bond donors (Lipinski definition) is 0. The van der Waals surface area contributed by atoms with E-state index in [4.69, 9.17) is 21.1 Å². The summed E-state index contributed by atoms with van der Waals surface area (Å²) >= 11 is 9.15. The Balaban J connectivity index is 2.86. The van der Waals surface area contributed by atoms with Crippen LogP contribution in [0, 0.1) is 0 Å². The van der Waals surface area contributed by atoms with Gasteiger partial charge in [0, 0.05) is 5.02 Å². The van der Waals surface area contributed by atoms with Gasteiger partial charge < -0.3 is 9.47 Å². The molecule has 0 aliphatic carbocycles. The van der Waals surface area contributed by atoms with Gasteiger partial charge in [0.05, 0.1) is 11.1 Å². The zero-order valence-corrected chi connectivity index (χ0v) is 12.3. The fraction of sp³-hybridized carbons (Fsp3) is 0.417. The summed E-state index contributed by atoms with van der Waals surface area (Å²) in [5.74, 6) is 0.148. The van der Waals surface area contributed by atoms with Gasteiger partial charge in [-0.05, 0) is 54.9 Å². The van der Waals surface area contributed by atoms with E-state index in [1.165, 1.54) is 0 Å². The highest BCUT2D eigenvalue weighted by Gasteiger charge is 2.32. The Bertz CT molecular complexity index is 418. The van der Waals surface area contributed by atoms with Gasteiger partial charge in [-0.3, -0.25) is 0 Å². The molecule has 0 amide bonds. The molecule has 0 saturated carbocycles. The molecule has 0 saturated heterocycles. The third-order valence-corrected chi connectivity index (χ3v) is 2.88. The number of halogens is 2. The van der Waals surface area contributed by atoms with Crippen molar-refractivity contribution in [3.05, 3.63) is 27.7 Å². The summed E-state index contributed by atoms with van der Waals surface area (Å²) in [6.45, 7) is 5.40. The van der Waals surface area contributed by atoms with E-state index in [1.807, 2.05) is 0 Å². The van der Waals surface area contributed by atoms with Crippen molar-refractivity contribution in [1.29, 1.82) is 0 Å². The molecule has 1 aromatic rings. The lowest BCUT2D eigenvalue weighted by Crippen LogP contribution is -2.39. The smallest absolute Gasteiger partial charge is 0.349 e. The Labute approximate surface area is 114 Å². The summed E-state index contributed by atoms with van der Waals surface area (Å²) in [6.07, 6.45) is 0. The predicted molar refractivity (Wildman–Crippen MR) is 70.5 cm³/mol. The van der Waals surface area contributed by atoms with Crippen LogP contribution in [0.2, 0.25) is 5.02 Å². The van der Waals surface area contributed by atoms with Crippen molar-refractivity contribution in [1.82, 2.24) is 0 Å². The van der Waals surface area contributed by atoms with Gasteiger partial charge in [0.1, 0.15) is 5.75 Å². The number of carbonyl (C=O) groups excluding carboxylic acids is 1. The minimum absolute atomic E-state index is 0.327. The quantitative estimate of drug-likeness (QED) is 0.791.